The summed E-state index contributed by atoms with van der Waals surface area (Å²) in [6, 6.07) is 5.82. The molecule has 0 aliphatic rings. The first-order chi connectivity index (χ1) is 9.19. The normalized spacial score (nSPS) is 12.8. The van der Waals surface area contributed by atoms with Crippen molar-refractivity contribution in [3.8, 4) is 0 Å². The maximum absolute atomic E-state index is 11.8. The first kappa shape index (κ1) is 16.1. The molecule has 1 atom stereocenters. The largest absolute Gasteiger partial charge is 0.459 e. The molecule has 1 aromatic carbocycles. The lowest BCUT2D eigenvalue weighted by Crippen LogP contribution is -2.38. The van der Waals surface area contributed by atoms with Crippen LogP contribution in [0.4, 0.5) is 5.69 Å². The van der Waals surface area contributed by atoms with Gasteiger partial charge in [0.25, 0.3) is 5.69 Å². The Labute approximate surface area is 118 Å². The lowest BCUT2D eigenvalue weighted by Gasteiger charge is -2.22. The van der Waals surface area contributed by atoms with E-state index in [2.05, 4.69) is 5.32 Å². The van der Waals surface area contributed by atoms with Gasteiger partial charge in [-0.15, -0.1) is 0 Å². The molecule has 110 valence electrons. The minimum Gasteiger partial charge on any atom is -0.459 e. The summed E-state index contributed by atoms with van der Waals surface area (Å²) in [7, 11) is 0. The fourth-order valence-electron chi connectivity index (χ4n) is 1.52. The van der Waals surface area contributed by atoms with Crippen LogP contribution in [0.5, 0.6) is 0 Å². The second kappa shape index (κ2) is 6.47. The Morgan fingerprint density at radius 3 is 2.65 bits per heavy atom. The van der Waals surface area contributed by atoms with Crippen molar-refractivity contribution in [3.63, 3.8) is 0 Å². The highest BCUT2D eigenvalue weighted by Gasteiger charge is 2.21. The molecule has 0 aliphatic carbocycles. The van der Waals surface area contributed by atoms with Gasteiger partial charge < -0.3 is 10.1 Å². The molecule has 0 heterocycles. The van der Waals surface area contributed by atoms with Crippen molar-refractivity contribution in [2.45, 2.75) is 45.9 Å². The molecule has 0 bridgehead atoms. The molecule has 0 saturated carbocycles. The van der Waals surface area contributed by atoms with Crippen molar-refractivity contribution in [1.82, 2.24) is 5.32 Å². The van der Waals surface area contributed by atoms with E-state index < -0.39 is 16.6 Å². The fourth-order valence-corrected chi connectivity index (χ4v) is 1.52. The summed E-state index contributed by atoms with van der Waals surface area (Å²) in [4.78, 5) is 22.0. The zero-order valence-electron chi connectivity index (χ0n) is 12.2. The van der Waals surface area contributed by atoms with Crippen molar-refractivity contribution in [3.05, 3.63) is 39.9 Å². The standard InChI is InChI=1S/C14H20N2O4/c1-10(13(17)20-14(2,3)4)15-9-11-6-5-7-12(8-11)16(18)19/h5-8,10,15H,9H2,1-4H3. The summed E-state index contributed by atoms with van der Waals surface area (Å²) in [5.74, 6) is -0.345. The van der Waals surface area contributed by atoms with Gasteiger partial charge in [-0.2, -0.15) is 0 Å². The van der Waals surface area contributed by atoms with E-state index in [1.165, 1.54) is 12.1 Å². The average molecular weight is 280 g/mol. The van der Waals surface area contributed by atoms with Crippen LogP contribution in [-0.4, -0.2) is 22.5 Å². The minimum absolute atomic E-state index is 0.0363. The third-order valence-electron chi connectivity index (χ3n) is 2.49. The summed E-state index contributed by atoms with van der Waals surface area (Å²) >= 11 is 0. The molecule has 0 radical (unpaired) electrons. The highest BCUT2D eigenvalue weighted by molar-refractivity contribution is 5.75. The number of nitrogens with zero attached hydrogens (tertiary/aromatic N) is 1. The molecule has 0 aliphatic heterocycles. The van der Waals surface area contributed by atoms with Crippen molar-refractivity contribution >= 4 is 11.7 Å². The maximum atomic E-state index is 11.8. The van der Waals surface area contributed by atoms with Crippen LogP contribution in [-0.2, 0) is 16.1 Å². The van der Waals surface area contributed by atoms with Crippen LogP contribution in [0.3, 0.4) is 0 Å². The topological polar surface area (TPSA) is 81.5 Å². The number of benzene rings is 1. The Morgan fingerprint density at radius 2 is 2.10 bits per heavy atom. The first-order valence-electron chi connectivity index (χ1n) is 6.38. The predicted molar refractivity (Wildman–Crippen MR) is 75.2 cm³/mol. The van der Waals surface area contributed by atoms with Gasteiger partial charge in [0, 0.05) is 18.7 Å². The third-order valence-corrected chi connectivity index (χ3v) is 2.49. The van der Waals surface area contributed by atoms with Gasteiger partial charge >= 0.3 is 5.97 Å². The smallest absolute Gasteiger partial charge is 0.323 e. The summed E-state index contributed by atoms with van der Waals surface area (Å²) < 4.78 is 5.24. The second-order valence-corrected chi connectivity index (χ2v) is 5.56. The highest BCUT2D eigenvalue weighted by atomic mass is 16.6. The van der Waals surface area contributed by atoms with E-state index in [0.717, 1.165) is 5.56 Å². The third kappa shape index (κ3) is 5.36. The van der Waals surface area contributed by atoms with Crippen LogP contribution < -0.4 is 5.32 Å². The SMILES string of the molecule is CC(NCc1cccc([N+](=O)[O-])c1)C(=O)OC(C)(C)C. The quantitative estimate of drug-likeness (QED) is 0.509. The van der Waals surface area contributed by atoms with E-state index in [0.29, 0.717) is 6.54 Å². The molecule has 6 nitrogen and oxygen atoms in total. The second-order valence-electron chi connectivity index (χ2n) is 5.56. The number of esters is 1. The zero-order valence-corrected chi connectivity index (χ0v) is 12.2. The molecular formula is C14H20N2O4. The van der Waals surface area contributed by atoms with Gasteiger partial charge in [0.05, 0.1) is 4.92 Å². The molecule has 1 unspecified atom stereocenters. The van der Waals surface area contributed by atoms with Gasteiger partial charge in [-0.05, 0) is 33.3 Å². The van der Waals surface area contributed by atoms with Crippen molar-refractivity contribution in [1.29, 1.82) is 0 Å². The van der Waals surface area contributed by atoms with Crippen LogP contribution >= 0.6 is 0 Å². The van der Waals surface area contributed by atoms with E-state index in [9.17, 15) is 14.9 Å². The molecule has 0 fully saturated rings. The summed E-state index contributed by atoms with van der Waals surface area (Å²) in [6.07, 6.45) is 0. The van der Waals surface area contributed by atoms with Crippen molar-refractivity contribution in [2.75, 3.05) is 0 Å². The van der Waals surface area contributed by atoms with E-state index in [4.69, 9.17) is 4.74 Å². The van der Waals surface area contributed by atoms with Crippen LogP contribution in [0.25, 0.3) is 0 Å². The van der Waals surface area contributed by atoms with Crippen LogP contribution in [0.1, 0.15) is 33.3 Å². The van der Waals surface area contributed by atoms with Crippen molar-refractivity contribution < 1.29 is 14.5 Å². The predicted octanol–water partition coefficient (Wildman–Crippen LogP) is 2.41. The first-order valence-corrected chi connectivity index (χ1v) is 6.38. The van der Waals surface area contributed by atoms with E-state index in [1.54, 1.807) is 39.8 Å². The van der Waals surface area contributed by atoms with E-state index in [-0.39, 0.29) is 11.7 Å². The summed E-state index contributed by atoms with van der Waals surface area (Å²) in [5, 5.41) is 13.7. The molecule has 0 spiro atoms. The summed E-state index contributed by atoms with van der Waals surface area (Å²) in [5.41, 5.74) is 0.252. The highest BCUT2D eigenvalue weighted by Crippen LogP contribution is 2.13. The maximum Gasteiger partial charge on any atom is 0.323 e. The Morgan fingerprint density at radius 1 is 1.45 bits per heavy atom. The molecule has 0 saturated heterocycles. The minimum atomic E-state index is -0.529. The van der Waals surface area contributed by atoms with Gasteiger partial charge in [-0.25, -0.2) is 0 Å². The molecule has 0 aromatic heterocycles. The monoisotopic (exact) mass is 280 g/mol. The van der Waals surface area contributed by atoms with Crippen LogP contribution in [0.2, 0.25) is 0 Å². The Balaban J connectivity index is 2.56. The number of nitrogens with one attached hydrogen (secondary N) is 1. The summed E-state index contributed by atoms with van der Waals surface area (Å²) in [6.45, 7) is 7.47. The molecule has 1 N–H and O–H groups in total. The molecule has 6 heteroatoms. The number of nitro groups is 1. The lowest BCUT2D eigenvalue weighted by atomic mass is 10.1. The van der Waals surface area contributed by atoms with Crippen LogP contribution in [0, 0.1) is 10.1 Å². The Hall–Kier alpha value is -1.95. The number of hydrogen-bond donors (Lipinski definition) is 1. The van der Waals surface area contributed by atoms with Gasteiger partial charge in [0.1, 0.15) is 11.6 Å². The molecule has 20 heavy (non-hydrogen) atoms. The molecule has 1 aromatic rings. The number of carbonyl (C=O) groups excluding carboxylic acids is 1. The van der Waals surface area contributed by atoms with Crippen LogP contribution in [0.15, 0.2) is 24.3 Å². The Bertz CT molecular complexity index is 494. The van der Waals surface area contributed by atoms with Gasteiger partial charge in [-0.1, -0.05) is 12.1 Å². The van der Waals surface area contributed by atoms with E-state index >= 15 is 0 Å². The lowest BCUT2D eigenvalue weighted by molar-refractivity contribution is -0.384. The van der Waals surface area contributed by atoms with E-state index in [1.807, 2.05) is 0 Å². The fraction of sp³-hybridized carbons (Fsp3) is 0.500. The molecule has 0 amide bonds. The number of rotatable bonds is 5. The zero-order chi connectivity index (χ0) is 15.3. The number of non-ortho nitro benzene ring substituents is 1. The Kier molecular flexibility index (Phi) is 5.21. The number of nitro benzene ring substituents is 1. The molecular weight excluding hydrogens is 260 g/mol. The number of carbonyl (C=O) groups is 1. The average Bonchev–Trinajstić information content (AvgIpc) is 2.34. The van der Waals surface area contributed by atoms with Gasteiger partial charge in [0.2, 0.25) is 0 Å². The van der Waals surface area contributed by atoms with Gasteiger partial charge in [0.15, 0.2) is 0 Å². The number of hydrogen-bond acceptors (Lipinski definition) is 5. The number of ether oxygens (including phenoxy) is 1. The van der Waals surface area contributed by atoms with Crippen molar-refractivity contribution in [2.24, 2.45) is 0 Å². The van der Waals surface area contributed by atoms with Gasteiger partial charge in [-0.3, -0.25) is 14.9 Å². The molecule has 1 rings (SSSR count).